The van der Waals surface area contributed by atoms with E-state index in [2.05, 4.69) is 15.6 Å². The summed E-state index contributed by atoms with van der Waals surface area (Å²) < 4.78 is 7.12. The average molecular weight is 512 g/mol. The van der Waals surface area contributed by atoms with Crippen molar-refractivity contribution >= 4 is 52.1 Å². The SMILES string of the molecule is COc1ccccc1NC(=O)C1=C(C)Nc2nc(-c3ccc(Cl)c(Cl)c3)nn2C1c1cccs1. The molecule has 3 heterocycles. The Bertz CT molecular complexity index is 1410. The molecule has 0 aliphatic carbocycles. The molecule has 1 amide bonds. The van der Waals surface area contributed by atoms with Gasteiger partial charge in [-0.15, -0.1) is 16.4 Å². The van der Waals surface area contributed by atoms with Crippen LogP contribution in [0.2, 0.25) is 10.0 Å². The van der Waals surface area contributed by atoms with E-state index < -0.39 is 6.04 Å². The van der Waals surface area contributed by atoms with Gasteiger partial charge < -0.3 is 15.4 Å². The molecule has 2 aromatic carbocycles. The lowest BCUT2D eigenvalue weighted by Gasteiger charge is -2.27. The Kier molecular flexibility index (Phi) is 6.03. The first kappa shape index (κ1) is 22.5. The highest BCUT2D eigenvalue weighted by Gasteiger charge is 2.35. The number of para-hydroxylation sites is 2. The molecule has 172 valence electrons. The average Bonchev–Trinajstić information content (AvgIpc) is 3.50. The summed E-state index contributed by atoms with van der Waals surface area (Å²) in [5.74, 6) is 1.33. The van der Waals surface area contributed by atoms with Crippen molar-refractivity contribution in [3.05, 3.63) is 86.2 Å². The molecule has 0 bridgehead atoms. The van der Waals surface area contributed by atoms with Crippen molar-refractivity contribution in [1.29, 1.82) is 0 Å². The Morgan fingerprint density at radius 2 is 1.97 bits per heavy atom. The molecule has 5 rings (SSSR count). The van der Waals surface area contributed by atoms with Gasteiger partial charge in [0, 0.05) is 16.1 Å². The van der Waals surface area contributed by atoms with Crippen LogP contribution >= 0.6 is 34.5 Å². The second kappa shape index (κ2) is 9.13. The molecular formula is C24H19Cl2N5O2S. The van der Waals surface area contributed by atoms with Crippen molar-refractivity contribution in [3.63, 3.8) is 0 Å². The van der Waals surface area contributed by atoms with Gasteiger partial charge in [0.15, 0.2) is 5.82 Å². The molecule has 0 spiro atoms. The van der Waals surface area contributed by atoms with Gasteiger partial charge in [-0.1, -0.05) is 41.4 Å². The summed E-state index contributed by atoms with van der Waals surface area (Å²) in [5.41, 5.74) is 2.53. The molecule has 2 N–H and O–H groups in total. The van der Waals surface area contributed by atoms with E-state index in [1.54, 1.807) is 47.4 Å². The smallest absolute Gasteiger partial charge is 0.256 e. The van der Waals surface area contributed by atoms with Gasteiger partial charge >= 0.3 is 0 Å². The minimum Gasteiger partial charge on any atom is -0.495 e. The van der Waals surface area contributed by atoms with Crippen LogP contribution in [0.4, 0.5) is 11.6 Å². The van der Waals surface area contributed by atoms with Gasteiger partial charge in [0.05, 0.1) is 28.4 Å². The number of carbonyl (C=O) groups is 1. The number of hydrogen-bond acceptors (Lipinski definition) is 6. The van der Waals surface area contributed by atoms with Gasteiger partial charge in [-0.05, 0) is 48.7 Å². The van der Waals surface area contributed by atoms with Crippen LogP contribution in [-0.4, -0.2) is 27.8 Å². The zero-order valence-electron chi connectivity index (χ0n) is 18.2. The second-order valence-corrected chi connectivity index (χ2v) is 9.36. The molecule has 1 unspecified atom stereocenters. The highest BCUT2D eigenvalue weighted by atomic mass is 35.5. The number of anilines is 2. The van der Waals surface area contributed by atoms with Crippen LogP contribution in [0, 0.1) is 0 Å². The first-order chi connectivity index (χ1) is 16.5. The first-order valence-electron chi connectivity index (χ1n) is 10.3. The van der Waals surface area contributed by atoms with Crippen molar-refractivity contribution in [2.45, 2.75) is 13.0 Å². The maximum atomic E-state index is 13.6. The number of hydrogen-bond donors (Lipinski definition) is 2. The summed E-state index contributed by atoms with van der Waals surface area (Å²) in [6, 6.07) is 16.0. The number of thiophene rings is 1. The van der Waals surface area contributed by atoms with Crippen LogP contribution in [0.5, 0.6) is 5.75 Å². The highest BCUT2D eigenvalue weighted by Crippen LogP contribution is 2.39. The number of carbonyl (C=O) groups excluding carboxylic acids is 1. The van der Waals surface area contributed by atoms with E-state index in [1.165, 1.54) is 0 Å². The number of rotatable bonds is 5. The molecule has 1 aliphatic rings. The standard InChI is InChI=1S/C24H19Cl2N5O2S/c1-13-20(23(32)28-17-6-3-4-7-18(17)33-2)21(19-8-5-11-34-19)31-24(27-13)29-22(30-31)14-9-10-15(25)16(26)12-14/h3-12,21H,1-2H3,(H,28,32)(H,27,29,30). The second-order valence-electron chi connectivity index (χ2n) is 7.57. The van der Waals surface area contributed by atoms with Crippen LogP contribution in [0.25, 0.3) is 11.4 Å². The largest absolute Gasteiger partial charge is 0.495 e. The fourth-order valence-electron chi connectivity index (χ4n) is 3.85. The van der Waals surface area contributed by atoms with Crippen LogP contribution in [-0.2, 0) is 4.79 Å². The topological polar surface area (TPSA) is 81.1 Å². The van der Waals surface area contributed by atoms with E-state index in [0.29, 0.717) is 44.5 Å². The van der Waals surface area contributed by atoms with Crippen molar-refractivity contribution in [1.82, 2.24) is 14.8 Å². The third-order valence-electron chi connectivity index (χ3n) is 5.44. The number of nitrogens with zero attached hydrogens (tertiary/aromatic N) is 3. The van der Waals surface area contributed by atoms with Crippen LogP contribution < -0.4 is 15.4 Å². The van der Waals surface area contributed by atoms with Crippen LogP contribution in [0.3, 0.4) is 0 Å². The third kappa shape index (κ3) is 4.04. The fraction of sp³-hybridized carbons (Fsp3) is 0.125. The number of halogens is 2. The lowest BCUT2D eigenvalue weighted by molar-refractivity contribution is -0.113. The van der Waals surface area contributed by atoms with Gasteiger partial charge in [0.1, 0.15) is 11.8 Å². The predicted molar refractivity (Wildman–Crippen MR) is 136 cm³/mol. The summed E-state index contributed by atoms with van der Waals surface area (Å²) in [5, 5.41) is 13.8. The number of nitrogens with one attached hydrogen (secondary N) is 2. The molecule has 0 saturated carbocycles. The Morgan fingerprint density at radius 3 is 2.71 bits per heavy atom. The van der Waals surface area contributed by atoms with Crippen LogP contribution in [0.1, 0.15) is 17.8 Å². The van der Waals surface area contributed by atoms with Gasteiger partial charge in [-0.25, -0.2) is 4.68 Å². The maximum absolute atomic E-state index is 13.6. The zero-order valence-corrected chi connectivity index (χ0v) is 20.5. The summed E-state index contributed by atoms with van der Waals surface area (Å²) in [6.07, 6.45) is 0. The van der Waals surface area contributed by atoms with Crippen molar-refractivity contribution in [2.75, 3.05) is 17.7 Å². The molecule has 1 aliphatic heterocycles. The van der Waals surface area contributed by atoms with E-state index >= 15 is 0 Å². The molecule has 1 atom stereocenters. The van der Waals surface area contributed by atoms with Crippen molar-refractivity contribution in [3.8, 4) is 17.1 Å². The molecule has 2 aromatic heterocycles. The number of methoxy groups -OCH3 is 1. The molecular weight excluding hydrogens is 493 g/mol. The third-order valence-corrected chi connectivity index (χ3v) is 7.11. The monoisotopic (exact) mass is 511 g/mol. The molecule has 0 fully saturated rings. The Hall–Kier alpha value is -3.33. The summed E-state index contributed by atoms with van der Waals surface area (Å²) in [4.78, 5) is 19.2. The van der Waals surface area contributed by atoms with E-state index in [4.69, 9.17) is 33.0 Å². The molecule has 7 nitrogen and oxygen atoms in total. The number of ether oxygens (including phenoxy) is 1. The minimum absolute atomic E-state index is 0.259. The number of aromatic nitrogens is 3. The molecule has 0 saturated heterocycles. The van der Waals surface area contributed by atoms with Gasteiger partial charge in [0.25, 0.3) is 5.91 Å². The molecule has 10 heteroatoms. The van der Waals surface area contributed by atoms with E-state index in [9.17, 15) is 4.79 Å². The van der Waals surface area contributed by atoms with Crippen molar-refractivity contribution < 1.29 is 9.53 Å². The number of benzene rings is 2. The van der Waals surface area contributed by atoms with E-state index in [1.807, 2.05) is 42.6 Å². The predicted octanol–water partition coefficient (Wildman–Crippen LogP) is 6.25. The molecule has 4 aromatic rings. The number of amides is 1. The number of fused-ring (bicyclic) bond motifs is 1. The van der Waals surface area contributed by atoms with Gasteiger partial charge in [-0.2, -0.15) is 4.98 Å². The zero-order chi connectivity index (χ0) is 23.8. The number of allylic oxidation sites excluding steroid dienone is 1. The normalized spacial score (nSPS) is 15.0. The summed E-state index contributed by atoms with van der Waals surface area (Å²) >= 11 is 13.8. The Labute approximate surface area is 210 Å². The van der Waals surface area contributed by atoms with Crippen LogP contribution in [0.15, 0.2) is 71.2 Å². The van der Waals surface area contributed by atoms with Gasteiger partial charge in [0.2, 0.25) is 5.95 Å². The fourth-order valence-corrected chi connectivity index (χ4v) is 4.97. The summed E-state index contributed by atoms with van der Waals surface area (Å²) in [7, 11) is 1.57. The molecule has 34 heavy (non-hydrogen) atoms. The summed E-state index contributed by atoms with van der Waals surface area (Å²) in [6.45, 7) is 1.86. The maximum Gasteiger partial charge on any atom is 0.256 e. The Balaban J connectivity index is 1.57. The Morgan fingerprint density at radius 1 is 1.15 bits per heavy atom. The van der Waals surface area contributed by atoms with E-state index in [-0.39, 0.29) is 5.91 Å². The van der Waals surface area contributed by atoms with E-state index in [0.717, 1.165) is 10.4 Å². The quantitative estimate of drug-likeness (QED) is 0.331. The lowest BCUT2D eigenvalue weighted by Crippen LogP contribution is -2.31. The molecule has 0 radical (unpaired) electrons. The minimum atomic E-state index is -0.463. The highest BCUT2D eigenvalue weighted by molar-refractivity contribution is 7.10. The van der Waals surface area contributed by atoms with Gasteiger partial charge in [-0.3, -0.25) is 4.79 Å². The lowest BCUT2D eigenvalue weighted by atomic mass is 10.0. The first-order valence-corrected chi connectivity index (χ1v) is 12.0. The van der Waals surface area contributed by atoms with Crippen molar-refractivity contribution in [2.24, 2.45) is 0 Å².